The molecule has 3 heteroatoms. The van der Waals surface area contributed by atoms with Gasteiger partial charge in [-0.25, -0.2) is 0 Å². The van der Waals surface area contributed by atoms with Gasteiger partial charge in [-0.2, -0.15) is 5.26 Å². The number of benzene rings is 1. The summed E-state index contributed by atoms with van der Waals surface area (Å²) in [6.45, 7) is 0. The van der Waals surface area contributed by atoms with Gasteiger partial charge in [0.15, 0.2) is 3.23 Å². The second-order valence-electron chi connectivity index (χ2n) is 2.80. The van der Waals surface area contributed by atoms with Crippen LogP contribution in [0.5, 0.6) is 0 Å². The highest BCUT2D eigenvalue weighted by Gasteiger charge is 2.20. The average molecular weight is 303 g/mol. The molecular weight excluding hydrogens is 294 g/mol. The van der Waals surface area contributed by atoms with Gasteiger partial charge in [0, 0.05) is 0 Å². The summed E-state index contributed by atoms with van der Waals surface area (Å²) in [6.07, 6.45) is 1.65. The maximum absolute atomic E-state index is 8.73. The fourth-order valence-corrected chi connectivity index (χ4v) is 1.40. The minimum Gasteiger partial charge on any atom is -0.196 e. The van der Waals surface area contributed by atoms with Crippen molar-refractivity contribution in [3.05, 3.63) is 35.9 Å². The topological polar surface area (TPSA) is 23.8 Å². The number of rotatable bonds is 3. The quantitative estimate of drug-likeness (QED) is 0.782. The van der Waals surface area contributed by atoms with E-state index in [9.17, 15) is 0 Å². The molecule has 1 aromatic rings. The Bertz CT molecular complexity index is 300. The highest BCUT2D eigenvalue weighted by atomic mass is 79.9. The molecule has 0 aliphatic carbocycles. The first-order chi connectivity index (χ1) is 6.14. The molecule has 1 aromatic carbocycles. The molecule has 0 amide bonds. The summed E-state index contributed by atoms with van der Waals surface area (Å²) in [5, 5.41) is 8.73. The molecule has 0 heterocycles. The number of alkyl halides is 2. The summed E-state index contributed by atoms with van der Waals surface area (Å²) in [6, 6.07) is 12.3. The summed E-state index contributed by atoms with van der Waals surface area (Å²) < 4.78 is -0.574. The Labute approximate surface area is 95.0 Å². The van der Waals surface area contributed by atoms with Crippen molar-refractivity contribution in [2.75, 3.05) is 0 Å². The van der Waals surface area contributed by atoms with Gasteiger partial charge in [-0.1, -0.05) is 62.2 Å². The van der Waals surface area contributed by atoms with E-state index in [4.69, 9.17) is 5.26 Å². The van der Waals surface area contributed by atoms with E-state index in [1.165, 1.54) is 5.56 Å². The largest absolute Gasteiger partial charge is 0.196 e. The second-order valence-corrected chi connectivity index (χ2v) is 6.57. The van der Waals surface area contributed by atoms with Gasteiger partial charge in [-0.3, -0.25) is 0 Å². The monoisotopic (exact) mass is 301 g/mol. The molecule has 0 atom stereocenters. The lowest BCUT2D eigenvalue weighted by molar-refractivity contribution is 0.846. The summed E-state index contributed by atoms with van der Waals surface area (Å²) in [4.78, 5) is 0. The Morgan fingerprint density at radius 3 is 2.38 bits per heavy atom. The SMILES string of the molecule is N#CC(Br)(Br)CCc1ccccc1. The van der Waals surface area contributed by atoms with Gasteiger partial charge >= 0.3 is 0 Å². The van der Waals surface area contributed by atoms with E-state index in [0.717, 1.165) is 12.8 Å². The van der Waals surface area contributed by atoms with Crippen molar-refractivity contribution in [3.8, 4) is 6.07 Å². The van der Waals surface area contributed by atoms with Crippen molar-refractivity contribution in [3.63, 3.8) is 0 Å². The number of nitriles is 1. The number of hydrogen-bond donors (Lipinski definition) is 0. The van der Waals surface area contributed by atoms with E-state index < -0.39 is 3.23 Å². The van der Waals surface area contributed by atoms with E-state index in [0.29, 0.717) is 0 Å². The molecule has 0 N–H and O–H groups in total. The average Bonchev–Trinajstić information content (AvgIpc) is 2.17. The Hall–Kier alpha value is -0.330. The minimum atomic E-state index is -0.574. The number of hydrogen-bond acceptors (Lipinski definition) is 1. The molecule has 0 radical (unpaired) electrons. The van der Waals surface area contributed by atoms with Crippen LogP contribution >= 0.6 is 31.9 Å². The van der Waals surface area contributed by atoms with Crippen LogP contribution in [0.2, 0.25) is 0 Å². The van der Waals surface area contributed by atoms with Crippen LogP contribution in [0, 0.1) is 11.3 Å². The van der Waals surface area contributed by atoms with Crippen LogP contribution in [0.1, 0.15) is 12.0 Å². The number of halogens is 2. The molecule has 0 saturated carbocycles. The second kappa shape index (κ2) is 4.78. The van der Waals surface area contributed by atoms with Gasteiger partial charge in [-0.05, 0) is 18.4 Å². The lowest BCUT2D eigenvalue weighted by Crippen LogP contribution is -2.08. The lowest BCUT2D eigenvalue weighted by Gasteiger charge is -2.09. The van der Waals surface area contributed by atoms with Crippen LogP contribution in [0.3, 0.4) is 0 Å². The lowest BCUT2D eigenvalue weighted by atomic mass is 10.1. The molecular formula is C10H9Br2N. The highest BCUT2D eigenvalue weighted by molar-refractivity contribution is 9.25. The summed E-state index contributed by atoms with van der Waals surface area (Å²) >= 11 is 6.59. The number of nitrogens with zero attached hydrogens (tertiary/aromatic N) is 1. The molecule has 13 heavy (non-hydrogen) atoms. The van der Waals surface area contributed by atoms with Crippen molar-refractivity contribution in [2.24, 2.45) is 0 Å². The fraction of sp³-hybridized carbons (Fsp3) is 0.300. The van der Waals surface area contributed by atoms with Crippen LogP contribution in [0.15, 0.2) is 30.3 Å². The van der Waals surface area contributed by atoms with Crippen molar-refractivity contribution < 1.29 is 0 Å². The summed E-state index contributed by atoms with van der Waals surface area (Å²) in [5.41, 5.74) is 1.25. The predicted molar refractivity (Wildman–Crippen MR) is 61.0 cm³/mol. The van der Waals surface area contributed by atoms with Crippen molar-refractivity contribution in [1.29, 1.82) is 5.26 Å². The zero-order chi connectivity index (χ0) is 9.73. The zero-order valence-corrected chi connectivity index (χ0v) is 10.2. The third-order valence-electron chi connectivity index (χ3n) is 1.73. The maximum atomic E-state index is 8.73. The summed E-state index contributed by atoms with van der Waals surface area (Å²) in [5.74, 6) is 0. The minimum absolute atomic E-state index is 0.574. The Kier molecular flexibility index (Phi) is 3.95. The van der Waals surface area contributed by atoms with Gasteiger partial charge in [0.2, 0.25) is 0 Å². The summed E-state index contributed by atoms with van der Waals surface area (Å²) in [7, 11) is 0. The van der Waals surface area contributed by atoms with Crippen LogP contribution in [0.25, 0.3) is 0 Å². The smallest absolute Gasteiger partial charge is 0.166 e. The van der Waals surface area contributed by atoms with Gasteiger partial charge in [-0.15, -0.1) is 0 Å². The van der Waals surface area contributed by atoms with Gasteiger partial charge in [0.05, 0.1) is 6.07 Å². The predicted octanol–water partition coefficient (Wildman–Crippen LogP) is 3.63. The van der Waals surface area contributed by atoms with Crippen LogP contribution in [-0.4, -0.2) is 3.23 Å². The van der Waals surface area contributed by atoms with Crippen LogP contribution in [-0.2, 0) is 6.42 Å². The Morgan fingerprint density at radius 2 is 1.85 bits per heavy atom. The van der Waals surface area contributed by atoms with Crippen LogP contribution < -0.4 is 0 Å². The van der Waals surface area contributed by atoms with Crippen molar-refractivity contribution in [2.45, 2.75) is 16.1 Å². The molecule has 0 aliphatic heterocycles. The van der Waals surface area contributed by atoms with E-state index in [1.807, 2.05) is 18.2 Å². The zero-order valence-electron chi connectivity index (χ0n) is 7.00. The maximum Gasteiger partial charge on any atom is 0.166 e. The molecule has 0 saturated heterocycles. The van der Waals surface area contributed by atoms with Gasteiger partial charge in [0.25, 0.3) is 0 Å². The first-order valence-electron chi connectivity index (χ1n) is 3.97. The van der Waals surface area contributed by atoms with E-state index in [1.54, 1.807) is 0 Å². The normalized spacial score (nSPS) is 10.8. The number of aryl methyl sites for hydroxylation is 1. The highest BCUT2D eigenvalue weighted by Crippen LogP contribution is 2.30. The molecule has 1 rings (SSSR count). The third-order valence-corrected chi connectivity index (χ3v) is 2.88. The van der Waals surface area contributed by atoms with Crippen molar-refractivity contribution in [1.82, 2.24) is 0 Å². The van der Waals surface area contributed by atoms with Crippen LogP contribution in [0.4, 0.5) is 0 Å². The first-order valence-corrected chi connectivity index (χ1v) is 5.56. The molecule has 68 valence electrons. The third kappa shape index (κ3) is 3.93. The van der Waals surface area contributed by atoms with E-state index in [2.05, 4.69) is 50.1 Å². The van der Waals surface area contributed by atoms with Crippen molar-refractivity contribution >= 4 is 31.9 Å². The van der Waals surface area contributed by atoms with E-state index in [-0.39, 0.29) is 0 Å². The van der Waals surface area contributed by atoms with E-state index >= 15 is 0 Å². The standard InChI is InChI=1S/C10H9Br2N/c11-10(12,8-13)7-6-9-4-2-1-3-5-9/h1-5H,6-7H2. The van der Waals surface area contributed by atoms with Gasteiger partial charge in [0.1, 0.15) is 0 Å². The molecule has 0 unspecified atom stereocenters. The molecule has 0 aromatic heterocycles. The molecule has 0 fully saturated rings. The molecule has 0 bridgehead atoms. The Balaban J connectivity index is 2.50. The first kappa shape index (κ1) is 10.7. The Morgan fingerprint density at radius 1 is 1.23 bits per heavy atom. The van der Waals surface area contributed by atoms with Gasteiger partial charge < -0.3 is 0 Å². The molecule has 1 nitrogen and oxygen atoms in total. The molecule has 0 spiro atoms. The molecule has 0 aliphatic rings. The fourth-order valence-electron chi connectivity index (χ4n) is 1.00.